The van der Waals surface area contributed by atoms with Crippen LogP contribution in [0.3, 0.4) is 0 Å². The average Bonchev–Trinajstić information content (AvgIpc) is 2.75. The van der Waals surface area contributed by atoms with Gasteiger partial charge in [0, 0.05) is 26.2 Å². The van der Waals surface area contributed by atoms with Crippen LogP contribution in [0, 0.1) is 0 Å². The van der Waals surface area contributed by atoms with E-state index in [1.54, 1.807) is 0 Å². The molecule has 1 fully saturated rings. The molecule has 25 heavy (non-hydrogen) atoms. The highest BCUT2D eigenvalue weighted by Crippen LogP contribution is 2.31. The standard InChI is InChI=1S/C20H31N3O2/c1-20(2,3)25-19(24)23-11-7-15-13-17(21)18(14-16(15)8-12-23)22-9-5-4-6-10-22/h13-14H,4-12,21H2,1-3H3. The van der Waals surface area contributed by atoms with Crippen LogP contribution < -0.4 is 10.6 Å². The van der Waals surface area contributed by atoms with Gasteiger partial charge in [0.1, 0.15) is 5.60 Å². The van der Waals surface area contributed by atoms with Crippen molar-refractivity contribution < 1.29 is 9.53 Å². The van der Waals surface area contributed by atoms with E-state index in [0.717, 1.165) is 31.6 Å². The molecule has 0 aliphatic carbocycles. The number of piperidine rings is 1. The number of nitrogens with zero attached hydrogens (tertiary/aromatic N) is 2. The molecule has 0 radical (unpaired) electrons. The minimum atomic E-state index is -0.456. The largest absolute Gasteiger partial charge is 0.444 e. The molecule has 1 aromatic carbocycles. The molecule has 0 atom stereocenters. The lowest BCUT2D eigenvalue weighted by atomic mass is 9.99. The van der Waals surface area contributed by atoms with E-state index in [9.17, 15) is 4.79 Å². The van der Waals surface area contributed by atoms with Crippen molar-refractivity contribution in [3.8, 4) is 0 Å². The Morgan fingerprint density at radius 1 is 1.00 bits per heavy atom. The lowest BCUT2D eigenvalue weighted by Gasteiger charge is -2.30. The minimum absolute atomic E-state index is 0.218. The molecule has 2 heterocycles. The molecule has 5 nitrogen and oxygen atoms in total. The third-order valence-electron chi connectivity index (χ3n) is 5.00. The van der Waals surface area contributed by atoms with E-state index in [2.05, 4.69) is 17.0 Å². The Hall–Kier alpha value is -1.91. The second kappa shape index (κ2) is 7.14. The van der Waals surface area contributed by atoms with Crippen LogP contribution in [0.4, 0.5) is 16.2 Å². The first-order valence-corrected chi connectivity index (χ1v) is 9.47. The van der Waals surface area contributed by atoms with Crippen molar-refractivity contribution in [2.75, 3.05) is 36.8 Å². The molecule has 0 unspecified atom stereocenters. The first kappa shape index (κ1) is 17.9. The summed E-state index contributed by atoms with van der Waals surface area (Å²) in [5.41, 5.74) is 10.5. The summed E-state index contributed by atoms with van der Waals surface area (Å²) < 4.78 is 5.53. The van der Waals surface area contributed by atoms with E-state index in [0.29, 0.717) is 13.1 Å². The number of fused-ring (bicyclic) bond motifs is 1. The monoisotopic (exact) mass is 345 g/mol. The van der Waals surface area contributed by atoms with Gasteiger partial charge in [-0.05, 0) is 76.1 Å². The lowest BCUT2D eigenvalue weighted by Crippen LogP contribution is -2.38. The number of hydrogen-bond donors (Lipinski definition) is 1. The van der Waals surface area contributed by atoms with Crippen molar-refractivity contribution in [1.82, 2.24) is 4.90 Å². The Labute approximate surface area is 151 Å². The van der Waals surface area contributed by atoms with E-state index < -0.39 is 5.60 Å². The summed E-state index contributed by atoms with van der Waals surface area (Å²) in [6.07, 6.45) is 5.26. The molecule has 5 heteroatoms. The van der Waals surface area contributed by atoms with Gasteiger partial charge in [0.15, 0.2) is 0 Å². The molecule has 0 bridgehead atoms. The van der Waals surface area contributed by atoms with E-state index >= 15 is 0 Å². The summed E-state index contributed by atoms with van der Waals surface area (Å²) in [7, 11) is 0. The highest BCUT2D eigenvalue weighted by atomic mass is 16.6. The number of carbonyl (C=O) groups is 1. The molecule has 138 valence electrons. The quantitative estimate of drug-likeness (QED) is 0.790. The predicted molar refractivity (Wildman–Crippen MR) is 102 cm³/mol. The molecule has 2 aliphatic rings. The highest BCUT2D eigenvalue weighted by molar-refractivity contribution is 5.71. The second-order valence-electron chi connectivity index (χ2n) is 8.19. The maximum absolute atomic E-state index is 12.4. The number of nitrogen functional groups attached to an aromatic ring is 1. The maximum atomic E-state index is 12.4. The Morgan fingerprint density at radius 2 is 1.60 bits per heavy atom. The second-order valence-corrected chi connectivity index (χ2v) is 8.19. The van der Waals surface area contributed by atoms with Crippen molar-refractivity contribution in [2.45, 2.75) is 58.5 Å². The molecule has 1 aromatic rings. The Bertz CT molecular complexity index is 631. The molecule has 1 amide bonds. The van der Waals surface area contributed by atoms with Crippen LogP contribution in [0.5, 0.6) is 0 Å². The average molecular weight is 345 g/mol. The minimum Gasteiger partial charge on any atom is -0.444 e. The highest BCUT2D eigenvalue weighted by Gasteiger charge is 2.25. The molecular weight excluding hydrogens is 314 g/mol. The van der Waals surface area contributed by atoms with Gasteiger partial charge in [0.05, 0.1) is 11.4 Å². The van der Waals surface area contributed by atoms with Gasteiger partial charge in [0.25, 0.3) is 0 Å². The zero-order chi connectivity index (χ0) is 18.0. The van der Waals surface area contributed by atoms with Crippen LogP contribution in [-0.4, -0.2) is 42.8 Å². The Kier molecular flexibility index (Phi) is 5.11. The van der Waals surface area contributed by atoms with E-state index in [1.165, 1.54) is 36.1 Å². The maximum Gasteiger partial charge on any atom is 0.410 e. The number of rotatable bonds is 1. The van der Waals surface area contributed by atoms with Gasteiger partial charge in [-0.3, -0.25) is 0 Å². The fraction of sp³-hybridized carbons (Fsp3) is 0.650. The van der Waals surface area contributed by atoms with Gasteiger partial charge in [-0.2, -0.15) is 0 Å². The smallest absolute Gasteiger partial charge is 0.410 e. The van der Waals surface area contributed by atoms with Crippen molar-refractivity contribution in [3.63, 3.8) is 0 Å². The van der Waals surface area contributed by atoms with Crippen LogP contribution in [0.25, 0.3) is 0 Å². The zero-order valence-corrected chi connectivity index (χ0v) is 15.8. The van der Waals surface area contributed by atoms with Crippen molar-refractivity contribution in [1.29, 1.82) is 0 Å². The molecule has 0 spiro atoms. The zero-order valence-electron chi connectivity index (χ0n) is 15.8. The summed E-state index contributed by atoms with van der Waals surface area (Å²) in [6, 6.07) is 4.38. The van der Waals surface area contributed by atoms with E-state index in [-0.39, 0.29) is 6.09 Å². The SMILES string of the molecule is CC(C)(C)OC(=O)N1CCc2cc(N)c(N3CCCCC3)cc2CC1. The fourth-order valence-electron chi connectivity index (χ4n) is 3.70. The number of hydrogen-bond acceptors (Lipinski definition) is 4. The molecule has 0 saturated carbocycles. The summed E-state index contributed by atoms with van der Waals surface area (Å²) >= 11 is 0. The third kappa shape index (κ3) is 4.39. The van der Waals surface area contributed by atoms with Crippen LogP contribution in [0.1, 0.15) is 51.2 Å². The van der Waals surface area contributed by atoms with Crippen molar-refractivity contribution in [3.05, 3.63) is 23.3 Å². The van der Waals surface area contributed by atoms with Gasteiger partial charge in [0.2, 0.25) is 0 Å². The number of nitrogens with two attached hydrogens (primary N) is 1. The van der Waals surface area contributed by atoms with Gasteiger partial charge < -0.3 is 20.3 Å². The predicted octanol–water partition coefficient (Wildman–Crippen LogP) is 3.59. The molecule has 1 saturated heterocycles. The van der Waals surface area contributed by atoms with Crippen LogP contribution in [0.15, 0.2) is 12.1 Å². The number of carbonyl (C=O) groups excluding carboxylic acids is 1. The van der Waals surface area contributed by atoms with Gasteiger partial charge in [-0.15, -0.1) is 0 Å². The van der Waals surface area contributed by atoms with Crippen LogP contribution in [0.2, 0.25) is 0 Å². The summed E-state index contributed by atoms with van der Waals surface area (Å²) in [5, 5.41) is 0. The number of benzene rings is 1. The normalized spacial score (nSPS) is 18.5. The molecule has 3 rings (SSSR count). The van der Waals surface area contributed by atoms with Gasteiger partial charge in [-0.1, -0.05) is 0 Å². The van der Waals surface area contributed by atoms with Gasteiger partial charge in [-0.25, -0.2) is 4.79 Å². The van der Waals surface area contributed by atoms with Crippen LogP contribution in [-0.2, 0) is 17.6 Å². The molecule has 2 aliphatic heterocycles. The summed E-state index contributed by atoms with van der Waals surface area (Å²) in [4.78, 5) is 16.6. The fourth-order valence-corrected chi connectivity index (χ4v) is 3.70. The van der Waals surface area contributed by atoms with Crippen LogP contribution >= 0.6 is 0 Å². The number of amides is 1. The van der Waals surface area contributed by atoms with E-state index in [4.69, 9.17) is 10.5 Å². The third-order valence-corrected chi connectivity index (χ3v) is 5.00. The Balaban J connectivity index is 1.74. The lowest BCUT2D eigenvalue weighted by molar-refractivity contribution is 0.0258. The first-order valence-electron chi connectivity index (χ1n) is 9.47. The van der Waals surface area contributed by atoms with Gasteiger partial charge >= 0.3 is 6.09 Å². The molecule has 0 aromatic heterocycles. The molecular formula is C20H31N3O2. The summed E-state index contributed by atoms with van der Waals surface area (Å²) in [6.45, 7) is 9.28. The topological polar surface area (TPSA) is 58.8 Å². The van der Waals surface area contributed by atoms with E-state index in [1.807, 2.05) is 25.7 Å². The molecule has 2 N–H and O–H groups in total. The first-order chi connectivity index (χ1) is 11.8. The van der Waals surface area contributed by atoms with Crippen molar-refractivity contribution >= 4 is 17.5 Å². The summed E-state index contributed by atoms with van der Waals surface area (Å²) in [5.74, 6) is 0. The van der Waals surface area contributed by atoms with Crippen molar-refractivity contribution in [2.24, 2.45) is 0 Å². The Morgan fingerprint density at radius 3 is 2.20 bits per heavy atom. The number of anilines is 2. The number of ether oxygens (including phenoxy) is 1.